The highest BCUT2D eigenvalue weighted by atomic mass is 16.1. The van der Waals surface area contributed by atoms with Crippen molar-refractivity contribution in [2.45, 2.75) is 32.6 Å². The Balaban J connectivity index is 1.62. The van der Waals surface area contributed by atoms with Gasteiger partial charge in [-0.05, 0) is 54.9 Å². The van der Waals surface area contributed by atoms with Gasteiger partial charge in [-0.1, -0.05) is 49.4 Å². The first kappa shape index (κ1) is 21.9. The van der Waals surface area contributed by atoms with Gasteiger partial charge in [0, 0.05) is 38.8 Å². The number of hydrogen-bond donors (Lipinski definition) is 2. The maximum Gasteiger partial charge on any atom is 0.251 e. The average Bonchev–Trinajstić information content (AvgIpc) is 2.78. The number of likely N-dealkylation sites (tertiary alicyclic amines) is 1. The van der Waals surface area contributed by atoms with Gasteiger partial charge < -0.3 is 15.5 Å². The van der Waals surface area contributed by atoms with Crippen molar-refractivity contribution in [3.63, 3.8) is 0 Å². The zero-order valence-electron chi connectivity index (χ0n) is 18.4. The number of guanidine groups is 1. The summed E-state index contributed by atoms with van der Waals surface area (Å²) in [6, 6.07) is 18.7. The number of nitrogens with zero attached hydrogens (tertiary/aromatic N) is 2. The molecule has 5 heteroatoms. The van der Waals surface area contributed by atoms with Gasteiger partial charge in [0.1, 0.15) is 0 Å². The number of amides is 1. The molecule has 0 spiro atoms. The van der Waals surface area contributed by atoms with E-state index in [1.54, 1.807) is 7.05 Å². The molecule has 0 aliphatic carbocycles. The molecule has 2 N–H and O–H groups in total. The van der Waals surface area contributed by atoms with E-state index in [0.717, 1.165) is 44.0 Å². The van der Waals surface area contributed by atoms with Crippen molar-refractivity contribution in [1.29, 1.82) is 0 Å². The molecule has 2 aromatic carbocycles. The van der Waals surface area contributed by atoms with Crippen LogP contribution in [0.25, 0.3) is 0 Å². The van der Waals surface area contributed by atoms with Crippen molar-refractivity contribution in [1.82, 2.24) is 15.5 Å². The minimum Gasteiger partial charge on any atom is -0.357 e. The van der Waals surface area contributed by atoms with Crippen LogP contribution in [0.3, 0.4) is 0 Å². The normalized spacial score (nSPS) is 19.4. The molecule has 1 fully saturated rings. The molecular weight excluding hydrogens is 372 g/mol. The number of benzene rings is 2. The van der Waals surface area contributed by atoms with E-state index >= 15 is 0 Å². The maximum atomic E-state index is 11.8. The number of carbonyl (C=O) groups is 1. The van der Waals surface area contributed by atoms with E-state index in [0.29, 0.717) is 23.9 Å². The summed E-state index contributed by atoms with van der Waals surface area (Å²) in [6.45, 7) is 8.05. The van der Waals surface area contributed by atoms with Gasteiger partial charge in [-0.15, -0.1) is 0 Å². The molecule has 30 heavy (non-hydrogen) atoms. The number of carbonyl (C=O) groups excluding carboxylic acids is 1. The highest BCUT2D eigenvalue weighted by Crippen LogP contribution is 2.32. The van der Waals surface area contributed by atoms with Gasteiger partial charge in [0.25, 0.3) is 5.91 Å². The lowest BCUT2D eigenvalue weighted by Gasteiger charge is -2.39. The molecule has 2 aromatic rings. The van der Waals surface area contributed by atoms with Crippen LogP contribution in [0, 0.1) is 5.92 Å². The van der Waals surface area contributed by atoms with Crippen molar-refractivity contribution in [2.75, 3.05) is 33.2 Å². The summed E-state index contributed by atoms with van der Waals surface area (Å²) in [7, 11) is 1.66. The van der Waals surface area contributed by atoms with Crippen molar-refractivity contribution >= 4 is 11.9 Å². The third kappa shape index (κ3) is 5.62. The van der Waals surface area contributed by atoms with Crippen LogP contribution in [-0.4, -0.2) is 50.0 Å². The summed E-state index contributed by atoms with van der Waals surface area (Å²) >= 11 is 0. The summed E-state index contributed by atoms with van der Waals surface area (Å²) in [5.74, 6) is 2.13. The van der Waals surface area contributed by atoms with Crippen molar-refractivity contribution < 1.29 is 4.79 Å². The first-order chi connectivity index (χ1) is 14.6. The van der Waals surface area contributed by atoms with Gasteiger partial charge >= 0.3 is 0 Å². The van der Waals surface area contributed by atoms with Gasteiger partial charge in [-0.2, -0.15) is 0 Å². The average molecular weight is 407 g/mol. The lowest BCUT2D eigenvalue weighted by atomic mass is 9.82. The molecule has 1 saturated heterocycles. The van der Waals surface area contributed by atoms with E-state index in [-0.39, 0.29) is 5.91 Å². The summed E-state index contributed by atoms with van der Waals surface area (Å²) in [4.78, 5) is 19.1. The Labute approximate surface area is 180 Å². The Bertz CT molecular complexity index is 849. The van der Waals surface area contributed by atoms with Crippen LogP contribution >= 0.6 is 0 Å². The van der Waals surface area contributed by atoms with E-state index in [9.17, 15) is 4.79 Å². The second kappa shape index (κ2) is 10.8. The fourth-order valence-corrected chi connectivity index (χ4v) is 4.26. The van der Waals surface area contributed by atoms with E-state index in [4.69, 9.17) is 4.99 Å². The lowest BCUT2D eigenvalue weighted by molar-refractivity contribution is 0.0963. The van der Waals surface area contributed by atoms with Crippen molar-refractivity contribution in [2.24, 2.45) is 10.9 Å². The smallest absolute Gasteiger partial charge is 0.251 e. The molecule has 5 nitrogen and oxygen atoms in total. The highest BCUT2D eigenvalue weighted by molar-refractivity contribution is 5.94. The standard InChI is InChI=1S/C25H34N4O/c1-4-27-25(28-15-13-20-9-8-12-22(17-20)24(30)26-3)29-16-14-23(19(2)18-29)21-10-6-5-7-11-21/h5-12,17,19,23H,4,13-16,18H2,1-3H3,(H,26,30)(H,27,28). The Morgan fingerprint density at radius 1 is 1.17 bits per heavy atom. The van der Waals surface area contributed by atoms with Crippen molar-refractivity contribution in [3.8, 4) is 0 Å². The van der Waals surface area contributed by atoms with E-state index < -0.39 is 0 Å². The molecule has 0 radical (unpaired) electrons. The van der Waals surface area contributed by atoms with Gasteiger partial charge in [-0.3, -0.25) is 9.79 Å². The Kier molecular flexibility index (Phi) is 7.89. The van der Waals surface area contributed by atoms with E-state index in [1.807, 2.05) is 18.2 Å². The van der Waals surface area contributed by atoms with Crippen LogP contribution in [0.2, 0.25) is 0 Å². The monoisotopic (exact) mass is 406 g/mol. The first-order valence-corrected chi connectivity index (χ1v) is 11.0. The largest absolute Gasteiger partial charge is 0.357 e. The first-order valence-electron chi connectivity index (χ1n) is 11.0. The Morgan fingerprint density at radius 2 is 1.97 bits per heavy atom. The van der Waals surface area contributed by atoms with Gasteiger partial charge in [0.15, 0.2) is 5.96 Å². The molecule has 2 unspecified atom stereocenters. The second-order valence-corrected chi connectivity index (χ2v) is 7.99. The van der Waals surface area contributed by atoms with Crippen LogP contribution in [0.4, 0.5) is 0 Å². The number of piperidine rings is 1. The molecular formula is C25H34N4O. The summed E-state index contributed by atoms with van der Waals surface area (Å²) in [6.07, 6.45) is 1.96. The Hall–Kier alpha value is -2.82. The fraction of sp³-hybridized carbons (Fsp3) is 0.440. The van der Waals surface area contributed by atoms with Gasteiger partial charge in [-0.25, -0.2) is 0 Å². The molecule has 0 saturated carbocycles. The Morgan fingerprint density at radius 3 is 2.67 bits per heavy atom. The number of nitrogens with one attached hydrogen (secondary N) is 2. The van der Waals surface area contributed by atoms with E-state index in [2.05, 4.69) is 65.8 Å². The van der Waals surface area contributed by atoms with E-state index in [1.165, 1.54) is 5.56 Å². The fourth-order valence-electron chi connectivity index (χ4n) is 4.26. The summed E-state index contributed by atoms with van der Waals surface area (Å²) in [5, 5.41) is 6.14. The quantitative estimate of drug-likeness (QED) is 0.568. The predicted octanol–water partition coefficient (Wildman–Crippen LogP) is 3.68. The molecule has 0 bridgehead atoms. The van der Waals surface area contributed by atoms with Crippen LogP contribution in [0.1, 0.15) is 47.7 Å². The molecule has 1 aliphatic heterocycles. The summed E-state index contributed by atoms with van der Waals surface area (Å²) < 4.78 is 0. The maximum absolute atomic E-state index is 11.8. The molecule has 1 aliphatic rings. The third-order valence-corrected chi connectivity index (χ3v) is 5.85. The SMILES string of the molecule is CCNC(=NCCc1cccc(C(=O)NC)c1)N1CCC(c2ccccc2)C(C)C1. The summed E-state index contributed by atoms with van der Waals surface area (Å²) in [5.41, 5.74) is 3.28. The molecule has 160 valence electrons. The number of hydrogen-bond acceptors (Lipinski definition) is 2. The zero-order chi connectivity index (χ0) is 21.3. The van der Waals surface area contributed by atoms with Crippen LogP contribution in [-0.2, 0) is 6.42 Å². The minimum atomic E-state index is -0.0519. The van der Waals surface area contributed by atoms with Crippen LogP contribution < -0.4 is 10.6 Å². The topological polar surface area (TPSA) is 56.7 Å². The lowest BCUT2D eigenvalue weighted by Crippen LogP contribution is -2.48. The van der Waals surface area contributed by atoms with Gasteiger partial charge in [0.05, 0.1) is 0 Å². The third-order valence-electron chi connectivity index (χ3n) is 5.85. The highest BCUT2D eigenvalue weighted by Gasteiger charge is 2.28. The van der Waals surface area contributed by atoms with Gasteiger partial charge in [0.2, 0.25) is 0 Å². The number of aliphatic imine (C=N–C) groups is 1. The predicted molar refractivity (Wildman–Crippen MR) is 124 cm³/mol. The molecule has 1 amide bonds. The van der Waals surface area contributed by atoms with Crippen molar-refractivity contribution in [3.05, 3.63) is 71.3 Å². The molecule has 3 rings (SSSR count). The molecule has 2 atom stereocenters. The second-order valence-electron chi connectivity index (χ2n) is 7.99. The van der Waals surface area contributed by atoms with Crippen LogP contribution in [0.5, 0.6) is 0 Å². The van der Waals surface area contributed by atoms with Crippen LogP contribution in [0.15, 0.2) is 59.6 Å². The number of rotatable bonds is 6. The molecule has 0 aromatic heterocycles. The molecule has 1 heterocycles. The zero-order valence-corrected chi connectivity index (χ0v) is 18.4. The minimum absolute atomic E-state index is 0.0519.